The van der Waals surface area contributed by atoms with Crippen molar-refractivity contribution in [2.75, 3.05) is 20.1 Å². The van der Waals surface area contributed by atoms with Gasteiger partial charge in [-0.2, -0.15) is 0 Å². The minimum atomic E-state index is 0.244. The van der Waals surface area contributed by atoms with Crippen LogP contribution >= 0.6 is 0 Å². The molecule has 0 heterocycles. The lowest BCUT2D eigenvalue weighted by Gasteiger charge is -2.36. The summed E-state index contributed by atoms with van der Waals surface area (Å²) in [5.41, 5.74) is 0.244. The minimum absolute atomic E-state index is 0.244. The van der Waals surface area contributed by atoms with Crippen molar-refractivity contribution in [3.8, 4) is 0 Å². The molecule has 1 unspecified atom stereocenters. The molecule has 0 rings (SSSR count). The van der Waals surface area contributed by atoms with Crippen LogP contribution in [-0.4, -0.2) is 43.0 Å². The summed E-state index contributed by atoms with van der Waals surface area (Å²) in [6.45, 7) is 13.2. The predicted octanol–water partition coefficient (Wildman–Crippen LogP) is 1.74. The molecule has 0 spiro atoms. The Hall–Kier alpha value is -0.570. The molecule has 14 heavy (non-hydrogen) atoms. The maximum Gasteiger partial charge on any atom is 0.0822 e. The Bertz CT molecular complexity index is 170. The number of likely N-dealkylation sites (N-methyl/N-ethyl adjacent to an activating group) is 1. The average Bonchev–Trinajstić information content (AvgIpc) is 2.08. The van der Waals surface area contributed by atoms with Gasteiger partial charge in [-0.05, 0) is 34.2 Å². The van der Waals surface area contributed by atoms with E-state index in [9.17, 15) is 0 Å². The van der Waals surface area contributed by atoms with Crippen LogP contribution in [0.2, 0.25) is 0 Å². The Balaban J connectivity index is 4.05. The van der Waals surface area contributed by atoms with E-state index in [1.54, 1.807) is 13.4 Å². The van der Waals surface area contributed by atoms with Gasteiger partial charge in [0.05, 0.1) is 6.34 Å². The Morgan fingerprint density at radius 2 is 2.00 bits per heavy atom. The molecule has 0 fully saturated rings. The zero-order valence-corrected chi connectivity index (χ0v) is 10.5. The Morgan fingerprint density at radius 3 is 2.36 bits per heavy atom. The van der Waals surface area contributed by atoms with Crippen molar-refractivity contribution in [1.82, 2.24) is 10.2 Å². The fraction of sp³-hybridized carbons (Fsp3) is 0.909. The van der Waals surface area contributed by atoms with Crippen LogP contribution in [0, 0.1) is 0 Å². The molecule has 0 saturated heterocycles. The zero-order valence-electron chi connectivity index (χ0n) is 10.5. The minimum Gasteiger partial charge on any atom is -0.373 e. The summed E-state index contributed by atoms with van der Waals surface area (Å²) in [6.07, 6.45) is 1.77. The number of hydrogen-bond acceptors (Lipinski definition) is 2. The van der Waals surface area contributed by atoms with Crippen LogP contribution in [0.15, 0.2) is 4.99 Å². The average molecular weight is 199 g/mol. The van der Waals surface area contributed by atoms with E-state index < -0.39 is 0 Å². The van der Waals surface area contributed by atoms with Crippen molar-refractivity contribution in [2.45, 2.75) is 46.2 Å². The molecule has 3 heteroatoms. The molecule has 0 radical (unpaired) electrons. The summed E-state index contributed by atoms with van der Waals surface area (Å²) in [6, 6.07) is 0.442. The molecule has 0 bridgehead atoms. The van der Waals surface area contributed by atoms with Crippen molar-refractivity contribution in [2.24, 2.45) is 4.99 Å². The van der Waals surface area contributed by atoms with E-state index in [1.165, 1.54) is 0 Å². The second-order valence-corrected chi connectivity index (χ2v) is 4.66. The van der Waals surface area contributed by atoms with Gasteiger partial charge in [-0.15, -0.1) is 0 Å². The molecule has 0 aromatic heterocycles. The summed E-state index contributed by atoms with van der Waals surface area (Å²) in [7, 11) is 1.78. The summed E-state index contributed by atoms with van der Waals surface area (Å²) in [5, 5.41) is 3.24. The molecule has 0 aliphatic rings. The lowest BCUT2D eigenvalue weighted by Crippen LogP contribution is -2.47. The van der Waals surface area contributed by atoms with Gasteiger partial charge in [-0.25, -0.2) is 0 Å². The Morgan fingerprint density at radius 1 is 1.43 bits per heavy atom. The van der Waals surface area contributed by atoms with Crippen LogP contribution in [0.3, 0.4) is 0 Å². The van der Waals surface area contributed by atoms with E-state index in [0.29, 0.717) is 6.04 Å². The predicted molar refractivity (Wildman–Crippen MR) is 64.0 cm³/mol. The van der Waals surface area contributed by atoms with Crippen molar-refractivity contribution >= 4 is 6.34 Å². The quantitative estimate of drug-likeness (QED) is 0.539. The number of nitrogens with zero attached hydrogens (tertiary/aromatic N) is 2. The topological polar surface area (TPSA) is 27.6 Å². The molecule has 84 valence electrons. The SMILES string of the molecule is CCN(CC(C)NC=NC)C(C)(C)C. The van der Waals surface area contributed by atoms with Gasteiger partial charge in [0.1, 0.15) is 0 Å². The number of nitrogens with one attached hydrogen (secondary N) is 1. The first-order valence-electron chi connectivity index (χ1n) is 5.33. The van der Waals surface area contributed by atoms with Gasteiger partial charge in [-0.3, -0.25) is 9.89 Å². The number of hydrogen-bond donors (Lipinski definition) is 1. The molecule has 0 amide bonds. The highest BCUT2D eigenvalue weighted by atomic mass is 15.2. The molecular formula is C11H25N3. The van der Waals surface area contributed by atoms with Gasteiger partial charge < -0.3 is 5.32 Å². The van der Waals surface area contributed by atoms with Gasteiger partial charge in [0.25, 0.3) is 0 Å². The van der Waals surface area contributed by atoms with Gasteiger partial charge in [0.2, 0.25) is 0 Å². The highest BCUT2D eigenvalue weighted by Gasteiger charge is 2.20. The lowest BCUT2D eigenvalue weighted by atomic mass is 10.1. The van der Waals surface area contributed by atoms with Crippen molar-refractivity contribution in [3.63, 3.8) is 0 Å². The summed E-state index contributed by atoms with van der Waals surface area (Å²) in [4.78, 5) is 6.37. The molecule has 0 aromatic carbocycles. The smallest absolute Gasteiger partial charge is 0.0822 e. The van der Waals surface area contributed by atoms with E-state index in [0.717, 1.165) is 13.1 Å². The molecule has 0 saturated carbocycles. The Kier molecular flexibility index (Phi) is 5.77. The summed E-state index contributed by atoms with van der Waals surface area (Å²) in [5.74, 6) is 0. The third kappa shape index (κ3) is 5.22. The Labute approximate surface area is 88.6 Å². The lowest BCUT2D eigenvalue weighted by molar-refractivity contribution is 0.135. The standard InChI is InChI=1S/C11H25N3/c1-7-14(11(3,4)5)8-10(2)13-9-12-6/h9-10H,7-8H2,1-6H3,(H,12,13). The number of aliphatic imine (C=N–C) groups is 1. The van der Waals surface area contributed by atoms with Crippen LogP contribution in [0.25, 0.3) is 0 Å². The van der Waals surface area contributed by atoms with Gasteiger partial charge in [0, 0.05) is 25.2 Å². The normalized spacial score (nSPS) is 15.1. The molecule has 1 atom stereocenters. The van der Waals surface area contributed by atoms with Crippen molar-refractivity contribution in [1.29, 1.82) is 0 Å². The largest absolute Gasteiger partial charge is 0.373 e. The molecule has 0 aliphatic carbocycles. The van der Waals surface area contributed by atoms with E-state index in [-0.39, 0.29) is 5.54 Å². The maximum atomic E-state index is 3.92. The van der Waals surface area contributed by atoms with Crippen LogP contribution in [0.4, 0.5) is 0 Å². The molecule has 3 nitrogen and oxygen atoms in total. The molecule has 1 N–H and O–H groups in total. The third-order valence-electron chi connectivity index (χ3n) is 2.31. The van der Waals surface area contributed by atoms with E-state index >= 15 is 0 Å². The van der Waals surface area contributed by atoms with E-state index in [1.807, 2.05) is 0 Å². The van der Waals surface area contributed by atoms with Gasteiger partial charge in [-0.1, -0.05) is 6.92 Å². The molecule has 0 aliphatic heterocycles. The van der Waals surface area contributed by atoms with E-state index in [4.69, 9.17) is 0 Å². The molecule has 0 aromatic rings. The van der Waals surface area contributed by atoms with Crippen LogP contribution in [0.5, 0.6) is 0 Å². The maximum absolute atomic E-state index is 3.92. The summed E-state index contributed by atoms with van der Waals surface area (Å²) >= 11 is 0. The monoisotopic (exact) mass is 199 g/mol. The van der Waals surface area contributed by atoms with Crippen LogP contribution < -0.4 is 5.32 Å². The van der Waals surface area contributed by atoms with Gasteiger partial charge in [0.15, 0.2) is 0 Å². The summed E-state index contributed by atoms with van der Waals surface area (Å²) < 4.78 is 0. The molecular weight excluding hydrogens is 174 g/mol. The first-order chi connectivity index (χ1) is 6.41. The zero-order chi connectivity index (χ0) is 11.2. The first kappa shape index (κ1) is 13.4. The number of rotatable bonds is 5. The second kappa shape index (κ2) is 6.02. The van der Waals surface area contributed by atoms with E-state index in [2.05, 4.69) is 49.8 Å². The third-order valence-corrected chi connectivity index (χ3v) is 2.31. The van der Waals surface area contributed by atoms with Crippen LogP contribution in [-0.2, 0) is 0 Å². The van der Waals surface area contributed by atoms with Crippen molar-refractivity contribution in [3.05, 3.63) is 0 Å². The van der Waals surface area contributed by atoms with Crippen molar-refractivity contribution < 1.29 is 0 Å². The highest BCUT2D eigenvalue weighted by Crippen LogP contribution is 2.12. The first-order valence-corrected chi connectivity index (χ1v) is 5.33. The fourth-order valence-corrected chi connectivity index (χ4v) is 1.46. The second-order valence-electron chi connectivity index (χ2n) is 4.66. The van der Waals surface area contributed by atoms with Gasteiger partial charge >= 0.3 is 0 Å². The van der Waals surface area contributed by atoms with Crippen LogP contribution in [0.1, 0.15) is 34.6 Å². The fourth-order valence-electron chi connectivity index (χ4n) is 1.46. The highest BCUT2D eigenvalue weighted by molar-refractivity contribution is 5.54.